The van der Waals surface area contributed by atoms with Crippen LogP contribution in [0, 0.1) is 0 Å². The van der Waals surface area contributed by atoms with Gasteiger partial charge in [-0.15, -0.1) is 10.2 Å². The fraction of sp³-hybridized carbons (Fsp3) is 0.214. The van der Waals surface area contributed by atoms with E-state index in [0.717, 1.165) is 17.2 Å². The van der Waals surface area contributed by atoms with Crippen LogP contribution >= 0.6 is 0 Å². The largest absolute Gasteiger partial charge is 0.302 e. The Kier molecular flexibility index (Phi) is 3.20. The number of aromatic nitrogens is 4. The maximum atomic E-state index is 4.29. The molecular weight excluding hydrogens is 238 g/mol. The molecule has 0 bridgehead atoms. The first-order chi connectivity index (χ1) is 9.34. The SMILES string of the molecule is CC(NCc1ccccn1)c1nnc2ccccn12. The maximum absolute atomic E-state index is 4.29. The van der Waals surface area contributed by atoms with Crippen molar-refractivity contribution in [2.75, 3.05) is 0 Å². The Bertz CT molecular complexity index is 662. The van der Waals surface area contributed by atoms with Crippen LogP contribution in [-0.4, -0.2) is 19.6 Å². The second-order valence-electron chi connectivity index (χ2n) is 4.41. The Morgan fingerprint density at radius 1 is 1.16 bits per heavy atom. The van der Waals surface area contributed by atoms with E-state index in [9.17, 15) is 0 Å². The third-order valence-electron chi connectivity index (χ3n) is 3.04. The van der Waals surface area contributed by atoms with E-state index < -0.39 is 0 Å². The molecule has 0 spiro atoms. The summed E-state index contributed by atoms with van der Waals surface area (Å²) >= 11 is 0. The highest BCUT2D eigenvalue weighted by atomic mass is 15.3. The molecule has 0 aliphatic rings. The van der Waals surface area contributed by atoms with Gasteiger partial charge in [0.2, 0.25) is 0 Å². The highest BCUT2D eigenvalue weighted by Gasteiger charge is 2.12. The number of nitrogens with zero attached hydrogens (tertiary/aromatic N) is 4. The molecule has 1 unspecified atom stereocenters. The zero-order valence-electron chi connectivity index (χ0n) is 10.7. The molecule has 0 aliphatic carbocycles. The lowest BCUT2D eigenvalue weighted by Crippen LogP contribution is -2.20. The fourth-order valence-electron chi connectivity index (χ4n) is 2.01. The first-order valence-corrected chi connectivity index (χ1v) is 6.27. The van der Waals surface area contributed by atoms with Crippen molar-refractivity contribution in [3.8, 4) is 0 Å². The van der Waals surface area contributed by atoms with Crippen LogP contribution in [0.2, 0.25) is 0 Å². The third kappa shape index (κ3) is 2.46. The number of hydrogen-bond acceptors (Lipinski definition) is 4. The van der Waals surface area contributed by atoms with E-state index in [4.69, 9.17) is 0 Å². The van der Waals surface area contributed by atoms with Crippen molar-refractivity contribution in [2.24, 2.45) is 0 Å². The van der Waals surface area contributed by atoms with Crippen molar-refractivity contribution in [3.63, 3.8) is 0 Å². The second-order valence-corrected chi connectivity index (χ2v) is 4.41. The van der Waals surface area contributed by atoms with Crippen molar-refractivity contribution in [1.29, 1.82) is 0 Å². The fourth-order valence-corrected chi connectivity index (χ4v) is 2.01. The van der Waals surface area contributed by atoms with Crippen molar-refractivity contribution in [1.82, 2.24) is 24.9 Å². The number of rotatable bonds is 4. The summed E-state index contributed by atoms with van der Waals surface area (Å²) in [7, 11) is 0. The zero-order valence-corrected chi connectivity index (χ0v) is 10.7. The maximum Gasteiger partial charge on any atom is 0.160 e. The predicted octanol–water partition coefficient (Wildman–Crippen LogP) is 1.98. The number of pyridine rings is 2. The summed E-state index contributed by atoms with van der Waals surface area (Å²) in [5.74, 6) is 0.909. The van der Waals surface area contributed by atoms with Gasteiger partial charge in [-0.25, -0.2) is 0 Å². The van der Waals surface area contributed by atoms with Gasteiger partial charge in [0.25, 0.3) is 0 Å². The van der Waals surface area contributed by atoms with Gasteiger partial charge < -0.3 is 5.32 Å². The Hall–Kier alpha value is -2.27. The summed E-state index contributed by atoms with van der Waals surface area (Å²) in [4.78, 5) is 4.29. The minimum atomic E-state index is 0.111. The van der Waals surface area contributed by atoms with Crippen LogP contribution in [0.3, 0.4) is 0 Å². The molecule has 96 valence electrons. The van der Waals surface area contributed by atoms with Crippen LogP contribution in [0.1, 0.15) is 24.5 Å². The standard InChI is InChI=1S/C14H15N5/c1-11(16-10-12-6-2-4-8-15-12)14-18-17-13-7-3-5-9-19(13)14/h2-9,11,16H,10H2,1H3. The van der Waals surface area contributed by atoms with Crippen molar-refractivity contribution in [2.45, 2.75) is 19.5 Å². The monoisotopic (exact) mass is 253 g/mol. The molecule has 5 nitrogen and oxygen atoms in total. The molecule has 3 aromatic heterocycles. The third-order valence-corrected chi connectivity index (χ3v) is 3.04. The van der Waals surface area contributed by atoms with Gasteiger partial charge in [-0.05, 0) is 31.2 Å². The molecule has 0 aromatic carbocycles. The molecule has 3 aromatic rings. The second kappa shape index (κ2) is 5.16. The van der Waals surface area contributed by atoms with Gasteiger partial charge in [-0.2, -0.15) is 0 Å². The van der Waals surface area contributed by atoms with E-state index in [1.54, 1.807) is 6.20 Å². The van der Waals surface area contributed by atoms with Gasteiger partial charge in [0.15, 0.2) is 11.5 Å². The van der Waals surface area contributed by atoms with Gasteiger partial charge >= 0.3 is 0 Å². The van der Waals surface area contributed by atoms with E-state index in [1.165, 1.54) is 0 Å². The minimum Gasteiger partial charge on any atom is -0.302 e. The highest BCUT2D eigenvalue weighted by molar-refractivity contribution is 5.37. The first-order valence-electron chi connectivity index (χ1n) is 6.27. The molecule has 0 amide bonds. The van der Waals surface area contributed by atoms with E-state index >= 15 is 0 Å². The summed E-state index contributed by atoms with van der Waals surface area (Å²) in [6.45, 7) is 2.79. The quantitative estimate of drug-likeness (QED) is 0.772. The van der Waals surface area contributed by atoms with Crippen LogP contribution in [0.4, 0.5) is 0 Å². The molecule has 3 rings (SSSR count). The van der Waals surface area contributed by atoms with E-state index in [0.29, 0.717) is 6.54 Å². The molecule has 3 heterocycles. The average Bonchev–Trinajstić information content (AvgIpc) is 2.90. The van der Waals surface area contributed by atoms with Gasteiger partial charge in [0, 0.05) is 18.9 Å². The summed E-state index contributed by atoms with van der Waals surface area (Å²) < 4.78 is 2.00. The molecule has 5 heteroatoms. The first kappa shape index (κ1) is 11.8. The Morgan fingerprint density at radius 3 is 2.89 bits per heavy atom. The molecule has 0 fully saturated rings. The summed E-state index contributed by atoms with van der Waals surface area (Å²) in [6, 6.07) is 11.9. The minimum absolute atomic E-state index is 0.111. The Balaban J connectivity index is 1.75. The number of nitrogens with one attached hydrogen (secondary N) is 1. The zero-order chi connectivity index (χ0) is 13.1. The smallest absolute Gasteiger partial charge is 0.160 e. The summed E-state index contributed by atoms with van der Waals surface area (Å²) in [5, 5.41) is 11.8. The van der Waals surface area contributed by atoms with E-state index in [1.807, 2.05) is 47.0 Å². The Labute approximate surface area is 111 Å². The van der Waals surface area contributed by atoms with Crippen LogP contribution in [-0.2, 0) is 6.54 Å². The summed E-state index contributed by atoms with van der Waals surface area (Å²) in [6.07, 6.45) is 3.78. The normalized spacial score (nSPS) is 12.7. The van der Waals surface area contributed by atoms with Crippen molar-refractivity contribution in [3.05, 3.63) is 60.3 Å². The van der Waals surface area contributed by atoms with Crippen molar-refractivity contribution < 1.29 is 0 Å². The number of fused-ring (bicyclic) bond motifs is 1. The van der Waals surface area contributed by atoms with Gasteiger partial charge in [0.1, 0.15) is 0 Å². The number of hydrogen-bond donors (Lipinski definition) is 1. The lowest BCUT2D eigenvalue weighted by molar-refractivity contribution is 0.536. The van der Waals surface area contributed by atoms with Gasteiger partial charge in [-0.1, -0.05) is 12.1 Å². The van der Waals surface area contributed by atoms with Crippen molar-refractivity contribution >= 4 is 5.65 Å². The van der Waals surface area contributed by atoms with E-state index in [2.05, 4.69) is 27.4 Å². The average molecular weight is 253 g/mol. The molecule has 0 saturated carbocycles. The van der Waals surface area contributed by atoms with Crippen LogP contribution < -0.4 is 5.32 Å². The van der Waals surface area contributed by atoms with Crippen LogP contribution in [0.25, 0.3) is 5.65 Å². The molecule has 19 heavy (non-hydrogen) atoms. The van der Waals surface area contributed by atoms with E-state index in [-0.39, 0.29) is 6.04 Å². The lowest BCUT2D eigenvalue weighted by atomic mass is 10.3. The molecule has 1 N–H and O–H groups in total. The van der Waals surface area contributed by atoms with Crippen LogP contribution in [0.5, 0.6) is 0 Å². The highest BCUT2D eigenvalue weighted by Crippen LogP contribution is 2.12. The molecule has 0 aliphatic heterocycles. The summed E-state index contributed by atoms with van der Waals surface area (Å²) in [5.41, 5.74) is 1.88. The van der Waals surface area contributed by atoms with Gasteiger partial charge in [0.05, 0.1) is 11.7 Å². The predicted molar refractivity (Wildman–Crippen MR) is 72.5 cm³/mol. The molecule has 0 radical (unpaired) electrons. The molecular formula is C14H15N5. The topological polar surface area (TPSA) is 55.1 Å². The van der Waals surface area contributed by atoms with Crippen LogP contribution in [0.15, 0.2) is 48.8 Å². The molecule has 0 saturated heterocycles. The van der Waals surface area contributed by atoms with Gasteiger partial charge in [-0.3, -0.25) is 9.38 Å². The molecule has 1 atom stereocenters. The Morgan fingerprint density at radius 2 is 2.05 bits per heavy atom. The lowest BCUT2D eigenvalue weighted by Gasteiger charge is -2.11.